The van der Waals surface area contributed by atoms with Crippen LogP contribution in [0.1, 0.15) is 149 Å². The lowest BCUT2D eigenvalue weighted by Crippen LogP contribution is -2.03. The van der Waals surface area contributed by atoms with Gasteiger partial charge < -0.3 is 5.11 Å². The monoisotopic (exact) mass is 368 g/mol. The van der Waals surface area contributed by atoms with E-state index in [1.165, 1.54) is 128 Å². The van der Waals surface area contributed by atoms with Gasteiger partial charge in [-0.3, -0.25) is 0 Å². The summed E-state index contributed by atoms with van der Waals surface area (Å²) in [6, 6.07) is 0. The molecule has 0 rings (SSSR count). The molecule has 0 spiro atoms. The second-order valence-corrected chi connectivity index (χ2v) is 8.61. The van der Waals surface area contributed by atoms with Crippen LogP contribution < -0.4 is 0 Å². The van der Waals surface area contributed by atoms with E-state index in [2.05, 4.69) is 13.8 Å². The van der Waals surface area contributed by atoms with Crippen molar-refractivity contribution in [2.24, 2.45) is 5.92 Å². The minimum Gasteiger partial charge on any atom is -0.396 e. The van der Waals surface area contributed by atoms with Crippen molar-refractivity contribution in [2.45, 2.75) is 149 Å². The van der Waals surface area contributed by atoms with Gasteiger partial charge in [0.15, 0.2) is 0 Å². The van der Waals surface area contributed by atoms with Gasteiger partial charge in [-0.15, -0.1) is 0 Å². The van der Waals surface area contributed by atoms with Crippen molar-refractivity contribution < 1.29 is 5.11 Å². The number of hydrogen-bond donors (Lipinski definition) is 1. The second kappa shape index (κ2) is 23.0. The van der Waals surface area contributed by atoms with E-state index in [9.17, 15) is 5.11 Å². The van der Waals surface area contributed by atoms with Crippen molar-refractivity contribution in [1.82, 2.24) is 0 Å². The summed E-state index contributed by atoms with van der Waals surface area (Å²) in [5.74, 6) is 0.786. The van der Waals surface area contributed by atoms with Gasteiger partial charge in [-0.2, -0.15) is 0 Å². The highest BCUT2D eigenvalue weighted by molar-refractivity contribution is 4.61. The van der Waals surface area contributed by atoms with E-state index >= 15 is 0 Å². The number of aliphatic hydroxyl groups excluding tert-OH is 1. The third-order valence-electron chi connectivity index (χ3n) is 5.97. The molecule has 0 bridgehead atoms. The molecule has 0 aromatic carbocycles. The van der Waals surface area contributed by atoms with Gasteiger partial charge >= 0.3 is 0 Å². The molecule has 0 saturated carbocycles. The molecular weight excluding hydrogens is 316 g/mol. The molecule has 0 radical (unpaired) electrons. The van der Waals surface area contributed by atoms with E-state index in [1.54, 1.807) is 0 Å². The van der Waals surface area contributed by atoms with Crippen molar-refractivity contribution in [3.63, 3.8) is 0 Å². The van der Waals surface area contributed by atoms with Gasteiger partial charge in [0.2, 0.25) is 0 Å². The molecule has 1 nitrogen and oxygen atoms in total. The van der Waals surface area contributed by atoms with Crippen molar-refractivity contribution in [2.75, 3.05) is 6.61 Å². The van der Waals surface area contributed by atoms with Crippen LogP contribution >= 0.6 is 0 Å². The first kappa shape index (κ1) is 26.0. The Morgan fingerprint density at radius 2 is 0.731 bits per heavy atom. The molecule has 0 heterocycles. The molecule has 0 aromatic heterocycles. The van der Waals surface area contributed by atoms with Gasteiger partial charge in [-0.25, -0.2) is 0 Å². The maximum atomic E-state index is 9.32. The highest BCUT2D eigenvalue weighted by atomic mass is 16.3. The first-order chi connectivity index (χ1) is 12.8. The number of hydrogen-bond acceptors (Lipinski definition) is 1. The van der Waals surface area contributed by atoms with Crippen LogP contribution in [0, 0.1) is 5.92 Å². The zero-order valence-corrected chi connectivity index (χ0v) is 18.6. The Hall–Kier alpha value is -0.0400. The predicted molar refractivity (Wildman–Crippen MR) is 119 cm³/mol. The largest absolute Gasteiger partial charge is 0.396 e. The van der Waals surface area contributed by atoms with Crippen molar-refractivity contribution in [3.8, 4) is 0 Å². The number of rotatable bonds is 22. The van der Waals surface area contributed by atoms with Gasteiger partial charge in [-0.05, 0) is 12.3 Å². The first-order valence-corrected chi connectivity index (χ1v) is 12.5. The predicted octanol–water partition coefficient (Wildman–Crippen LogP) is 8.83. The summed E-state index contributed by atoms with van der Waals surface area (Å²) < 4.78 is 0. The molecule has 0 aliphatic heterocycles. The minimum absolute atomic E-state index is 0.388. The molecule has 1 heteroatoms. The van der Waals surface area contributed by atoms with E-state index < -0.39 is 0 Å². The molecule has 0 unspecified atom stereocenters. The molecular formula is C25H52O. The Balaban J connectivity index is 3.41. The van der Waals surface area contributed by atoms with Gasteiger partial charge in [0.05, 0.1) is 0 Å². The fourth-order valence-corrected chi connectivity index (χ4v) is 4.10. The zero-order valence-electron chi connectivity index (χ0n) is 18.6. The highest BCUT2D eigenvalue weighted by Crippen LogP contribution is 2.22. The van der Waals surface area contributed by atoms with Crippen molar-refractivity contribution in [3.05, 3.63) is 0 Å². The summed E-state index contributed by atoms with van der Waals surface area (Å²) >= 11 is 0. The van der Waals surface area contributed by atoms with Crippen LogP contribution in [0.2, 0.25) is 0 Å². The number of unbranched alkanes of at least 4 members (excludes halogenated alkanes) is 16. The van der Waals surface area contributed by atoms with Crippen LogP contribution in [0.3, 0.4) is 0 Å². The van der Waals surface area contributed by atoms with Crippen LogP contribution in [0.15, 0.2) is 0 Å². The lowest BCUT2D eigenvalue weighted by molar-refractivity contribution is 0.241. The Bertz CT molecular complexity index is 238. The maximum Gasteiger partial charge on any atom is 0.0433 e. The third-order valence-corrected chi connectivity index (χ3v) is 5.97. The molecule has 0 amide bonds. The van der Waals surface area contributed by atoms with Gasteiger partial charge in [0, 0.05) is 6.61 Å². The van der Waals surface area contributed by atoms with Gasteiger partial charge in [0.1, 0.15) is 0 Å². The summed E-state index contributed by atoms with van der Waals surface area (Å²) in [6.45, 7) is 4.97. The van der Waals surface area contributed by atoms with Gasteiger partial charge in [-0.1, -0.05) is 142 Å². The molecule has 26 heavy (non-hydrogen) atoms. The van der Waals surface area contributed by atoms with Crippen LogP contribution in [0.4, 0.5) is 0 Å². The van der Waals surface area contributed by atoms with Crippen molar-refractivity contribution in [1.29, 1.82) is 0 Å². The molecule has 158 valence electrons. The molecule has 0 saturated heterocycles. The summed E-state index contributed by atoms with van der Waals surface area (Å²) in [5, 5.41) is 9.32. The summed E-state index contributed by atoms with van der Waals surface area (Å²) in [7, 11) is 0. The Morgan fingerprint density at radius 1 is 0.423 bits per heavy atom. The van der Waals surface area contributed by atoms with E-state index in [0.29, 0.717) is 6.61 Å². The quantitative estimate of drug-likeness (QED) is 0.189. The molecule has 1 atom stereocenters. The van der Waals surface area contributed by atoms with Crippen molar-refractivity contribution >= 4 is 0 Å². The second-order valence-electron chi connectivity index (χ2n) is 8.61. The third kappa shape index (κ3) is 20.3. The Kier molecular flexibility index (Phi) is 23.0. The average molecular weight is 369 g/mol. The molecule has 0 aliphatic rings. The summed E-state index contributed by atoms with van der Waals surface area (Å²) in [5.41, 5.74) is 0. The highest BCUT2D eigenvalue weighted by Gasteiger charge is 2.08. The molecule has 0 fully saturated rings. The van der Waals surface area contributed by atoms with Gasteiger partial charge in [0.25, 0.3) is 0 Å². The fraction of sp³-hybridized carbons (Fsp3) is 1.00. The van der Waals surface area contributed by atoms with Crippen LogP contribution in [0.25, 0.3) is 0 Å². The zero-order chi connectivity index (χ0) is 19.1. The Morgan fingerprint density at radius 3 is 1.04 bits per heavy atom. The average Bonchev–Trinajstić information content (AvgIpc) is 2.65. The smallest absolute Gasteiger partial charge is 0.0433 e. The Labute approximate surface area is 166 Å². The normalized spacial score (nSPS) is 12.6. The van der Waals surface area contributed by atoms with E-state index in [1.807, 2.05) is 0 Å². The maximum absolute atomic E-state index is 9.32. The molecule has 0 aliphatic carbocycles. The summed E-state index contributed by atoms with van der Waals surface area (Å²) in [4.78, 5) is 0. The van der Waals surface area contributed by atoms with Crippen LogP contribution in [-0.4, -0.2) is 11.7 Å². The lowest BCUT2D eigenvalue weighted by atomic mass is 9.91. The van der Waals surface area contributed by atoms with E-state index in [0.717, 1.165) is 12.3 Å². The minimum atomic E-state index is 0.388. The summed E-state index contributed by atoms with van der Waals surface area (Å²) in [6.07, 6.45) is 29.3. The first-order valence-electron chi connectivity index (χ1n) is 12.5. The molecule has 0 aromatic rings. The van der Waals surface area contributed by atoms with E-state index in [-0.39, 0.29) is 0 Å². The SMILES string of the molecule is CCCCCCCCCCCC[C@@H](CCO)CCCCCCCCCC. The van der Waals surface area contributed by atoms with E-state index in [4.69, 9.17) is 0 Å². The number of aliphatic hydroxyl groups is 1. The standard InChI is InChI=1S/C25H52O/c1-3-5-7-9-11-13-14-16-18-20-22-25(23-24-26)21-19-17-15-12-10-8-6-4-2/h25-26H,3-24H2,1-2H3/t25-/m0/s1. The van der Waals surface area contributed by atoms with Crippen LogP contribution in [0.5, 0.6) is 0 Å². The fourth-order valence-electron chi connectivity index (χ4n) is 4.10. The molecule has 1 N–H and O–H groups in total. The topological polar surface area (TPSA) is 20.2 Å². The lowest BCUT2D eigenvalue weighted by Gasteiger charge is -2.15. The van der Waals surface area contributed by atoms with Crippen LogP contribution in [-0.2, 0) is 0 Å².